The SMILES string of the molecule is O=C1N[C@@H]2CCCC[C@@H]2C12CCCCC2. The van der Waals surface area contributed by atoms with Crippen LogP contribution in [-0.2, 0) is 4.79 Å². The molecule has 0 aromatic heterocycles. The smallest absolute Gasteiger partial charge is 0.226 e. The molecule has 1 amide bonds. The predicted octanol–water partition coefficient (Wildman–Crippen LogP) is 2.63. The van der Waals surface area contributed by atoms with Crippen molar-refractivity contribution in [1.82, 2.24) is 5.32 Å². The third-order valence-electron chi connectivity index (χ3n) is 4.99. The summed E-state index contributed by atoms with van der Waals surface area (Å²) in [5.74, 6) is 1.08. The molecule has 0 radical (unpaired) electrons. The van der Waals surface area contributed by atoms with Gasteiger partial charge in [-0.3, -0.25) is 4.79 Å². The lowest BCUT2D eigenvalue weighted by atomic mass is 9.62. The van der Waals surface area contributed by atoms with E-state index >= 15 is 0 Å². The number of fused-ring (bicyclic) bond motifs is 2. The number of carbonyl (C=O) groups is 1. The van der Waals surface area contributed by atoms with Crippen LogP contribution in [0.5, 0.6) is 0 Å². The molecule has 15 heavy (non-hydrogen) atoms. The van der Waals surface area contributed by atoms with Crippen molar-refractivity contribution >= 4 is 5.91 Å². The van der Waals surface area contributed by atoms with Crippen LogP contribution in [0.1, 0.15) is 57.8 Å². The molecule has 2 aliphatic carbocycles. The topological polar surface area (TPSA) is 29.1 Å². The fourth-order valence-electron chi connectivity index (χ4n) is 4.23. The number of carbonyl (C=O) groups excluding carboxylic acids is 1. The van der Waals surface area contributed by atoms with Crippen molar-refractivity contribution in [2.24, 2.45) is 11.3 Å². The standard InChI is InChI=1S/C13H21NO/c15-12-13(8-4-1-5-9-13)10-6-2-3-7-11(10)14-12/h10-11H,1-9H2,(H,14,15)/t10-,11+/m0/s1. The van der Waals surface area contributed by atoms with Crippen LogP contribution in [0, 0.1) is 11.3 Å². The summed E-state index contributed by atoms with van der Waals surface area (Å²) in [4.78, 5) is 12.2. The van der Waals surface area contributed by atoms with E-state index in [2.05, 4.69) is 5.32 Å². The fourth-order valence-corrected chi connectivity index (χ4v) is 4.23. The summed E-state index contributed by atoms with van der Waals surface area (Å²) in [7, 11) is 0. The van der Waals surface area contributed by atoms with E-state index in [1.54, 1.807) is 0 Å². The van der Waals surface area contributed by atoms with Crippen LogP contribution in [-0.4, -0.2) is 11.9 Å². The van der Waals surface area contributed by atoms with E-state index in [1.807, 2.05) is 0 Å². The van der Waals surface area contributed by atoms with Gasteiger partial charge in [0.25, 0.3) is 0 Å². The third-order valence-corrected chi connectivity index (χ3v) is 4.99. The Bertz CT molecular complexity index is 268. The van der Waals surface area contributed by atoms with Gasteiger partial charge in [0, 0.05) is 6.04 Å². The first-order valence-electron chi connectivity index (χ1n) is 6.64. The van der Waals surface area contributed by atoms with E-state index in [0.29, 0.717) is 17.9 Å². The number of amides is 1. The van der Waals surface area contributed by atoms with Crippen molar-refractivity contribution in [3.8, 4) is 0 Å². The van der Waals surface area contributed by atoms with E-state index in [1.165, 1.54) is 57.8 Å². The van der Waals surface area contributed by atoms with Gasteiger partial charge in [-0.05, 0) is 31.6 Å². The minimum absolute atomic E-state index is 0.0728. The van der Waals surface area contributed by atoms with Gasteiger partial charge in [0.2, 0.25) is 5.91 Å². The number of nitrogens with one attached hydrogen (secondary N) is 1. The van der Waals surface area contributed by atoms with E-state index in [9.17, 15) is 4.79 Å². The van der Waals surface area contributed by atoms with Gasteiger partial charge < -0.3 is 5.32 Å². The van der Waals surface area contributed by atoms with Crippen molar-refractivity contribution in [2.75, 3.05) is 0 Å². The van der Waals surface area contributed by atoms with Crippen LogP contribution in [0.15, 0.2) is 0 Å². The quantitative estimate of drug-likeness (QED) is 0.650. The van der Waals surface area contributed by atoms with Gasteiger partial charge in [-0.25, -0.2) is 0 Å². The second-order valence-electron chi connectivity index (χ2n) is 5.69. The highest BCUT2D eigenvalue weighted by atomic mass is 16.2. The maximum absolute atomic E-state index is 12.2. The highest BCUT2D eigenvalue weighted by Gasteiger charge is 2.54. The van der Waals surface area contributed by atoms with Gasteiger partial charge in [-0.1, -0.05) is 32.1 Å². The molecule has 1 N–H and O–H groups in total. The lowest BCUT2D eigenvalue weighted by Gasteiger charge is -2.39. The molecule has 3 aliphatic rings. The van der Waals surface area contributed by atoms with Gasteiger partial charge in [-0.15, -0.1) is 0 Å². The Morgan fingerprint density at radius 1 is 1.00 bits per heavy atom. The maximum Gasteiger partial charge on any atom is 0.226 e. The molecule has 1 heterocycles. The maximum atomic E-state index is 12.2. The molecule has 0 aromatic carbocycles. The van der Waals surface area contributed by atoms with E-state index in [4.69, 9.17) is 0 Å². The molecular formula is C13H21NO. The second-order valence-corrected chi connectivity index (χ2v) is 5.69. The Labute approximate surface area is 91.8 Å². The number of rotatable bonds is 0. The monoisotopic (exact) mass is 207 g/mol. The van der Waals surface area contributed by atoms with Crippen LogP contribution in [0.2, 0.25) is 0 Å². The van der Waals surface area contributed by atoms with Gasteiger partial charge in [-0.2, -0.15) is 0 Å². The second kappa shape index (κ2) is 3.50. The Hall–Kier alpha value is -0.530. The third kappa shape index (κ3) is 1.33. The summed E-state index contributed by atoms with van der Waals surface area (Å²) >= 11 is 0. The number of hydrogen-bond donors (Lipinski definition) is 1. The van der Waals surface area contributed by atoms with Crippen LogP contribution >= 0.6 is 0 Å². The zero-order valence-corrected chi connectivity index (χ0v) is 9.43. The molecule has 84 valence electrons. The van der Waals surface area contributed by atoms with Crippen molar-refractivity contribution in [1.29, 1.82) is 0 Å². The first-order chi connectivity index (χ1) is 7.33. The molecule has 0 unspecified atom stereocenters. The van der Waals surface area contributed by atoms with E-state index in [0.717, 1.165) is 0 Å². The van der Waals surface area contributed by atoms with Crippen molar-refractivity contribution in [2.45, 2.75) is 63.8 Å². The highest BCUT2D eigenvalue weighted by Crippen LogP contribution is 2.51. The molecule has 2 atom stereocenters. The molecular weight excluding hydrogens is 186 g/mol. The van der Waals surface area contributed by atoms with Crippen molar-refractivity contribution < 1.29 is 4.79 Å². The van der Waals surface area contributed by atoms with Crippen molar-refractivity contribution in [3.63, 3.8) is 0 Å². The summed E-state index contributed by atoms with van der Waals surface area (Å²) in [6.07, 6.45) is 11.4. The average Bonchev–Trinajstić information content (AvgIpc) is 2.55. The summed E-state index contributed by atoms with van der Waals surface area (Å²) in [6, 6.07) is 0.532. The summed E-state index contributed by atoms with van der Waals surface area (Å²) in [5.41, 5.74) is 0.0728. The molecule has 1 saturated heterocycles. The molecule has 3 fully saturated rings. The molecule has 2 nitrogen and oxygen atoms in total. The predicted molar refractivity (Wildman–Crippen MR) is 59.4 cm³/mol. The Kier molecular flexibility index (Phi) is 2.26. The zero-order valence-electron chi connectivity index (χ0n) is 9.43. The van der Waals surface area contributed by atoms with E-state index in [-0.39, 0.29) is 5.41 Å². The Balaban J connectivity index is 1.88. The largest absolute Gasteiger partial charge is 0.353 e. The van der Waals surface area contributed by atoms with E-state index < -0.39 is 0 Å². The Morgan fingerprint density at radius 2 is 1.73 bits per heavy atom. The first-order valence-corrected chi connectivity index (χ1v) is 6.64. The lowest BCUT2D eigenvalue weighted by Crippen LogP contribution is -2.38. The van der Waals surface area contributed by atoms with Gasteiger partial charge in [0.1, 0.15) is 0 Å². The van der Waals surface area contributed by atoms with Gasteiger partial charge in [0.15, 0.2) is 0 Å². The molecule has 0 aromatic rings. The van der Waals surface area contributed by atoms with Crippen molar-refractivity contribution in [3.05, 3.63) is 0 Å². The summed E-state index contributed by atoms with van der Waals surface area (Å²) in [6.45, 7) is 0. The fraction of sp³-hybridized carbons (Fsp3) is 0.923. The zero-order chi connectivity index (χ0) is 10.3. The Morgan fingerprint density at radius 3 is 2.53 bits per heavy atom. The lowest BCUT2D eigenvalue weighted by molar-refractivity contribution is -0.131. The molecule has 1 spiro atoms. The minimum atomic E-state index is 0.0728. The molecule has 1 aliphatic heterocycles. The van der Waals surface area contributed by atoms with Crippen LogP contribution in [0.3, 0.4) is 0 Å². The van der Waals surface area contributed by atoms with Gasteiger partial charge >= 0.3 is 0 Å². The number of hydrogen-bond acceptors (Lipinski definition) is 1. The first kappa shape index (κ1) is 9.68. The molecule has 2 saturated carbocycles. The normalized spacial score (nSPS) is 38.8. The minimum Gasteiger partial charge on any atom is -0.353 e. The summed E-state index contributed by atoms with van der Waals surface area (Å²) in [5, 5.41) is 3.28. The molecule has 0 bridgehead atoms. The van der Waals surface area contributed by atoms with Crippen LogP contribution in [0.25, 0.3) is 0 Å². The molecule has 2 heteroatoms. The van der Waals surface area contributed by atoms with Crippen LogP contribution in [0.4, 0.5) is 0 Å². The average molecular weight is 207 g/mol. The summed E-state index contributed by atoms with van der Waals surface area (Å²) < 4.78 is 0. The van der Waals surface area contributed by atoms with Gasteiger partial charge in [0.05, 0.1) is 5.41 Å². The van der Waals surface area contributed by atoms with Crippen LogP contribution < -0.4 is 5.32 Å². The molecule has 3 rings (SSSR count). The highest BCUT2D eigenvalue weighted by molar-refractivity contribution is 5.86.